The average Bonchev–Trinajstić information content (AvgIpc) is 2.76. The first-order valence-electron chi connectivity index (χ1n) is 6.91. The molecule has 6 heteroatoms. The molecule has 1 aromatic heterocycles. The number of nitrogens with two attached hydrogens (primary N) is 1. The van der Waals surface area contributed by atoms with Gasteiger partial charge in [-0.15, -0.1) is 0 Å². The number of hydrogen-bond acceptors (Lipinski definition) is 6. The number of nitrogen functional groups attached to an aromatic ring is 1. The van der Waals surface area contributed by atoms with Crippen molar-refractivity contribution in [2.24, 2.45) is 0 Å². The third-order valence-corrected chi connectivity index (χ3v) is 3.47. The van der Waals surface area contributed by atoms with Crippen LogP contribution in [0.4, 0.5) is 10.8 Å². The van der Waals surface area contributed by atoms with E-state index in [-0.39, 0.29) is 6.10 Å². The molecule has 2 rings (SSSR count). The van der Waals surface area contributed by atoms with Crippen molar-refractivity contribution in [1.82, 2.24) is 4.37 Å². The third-order valence-electron chi connectivity index (χ3n) is 2.67. The number of anilines is 2. The van der Waals surface area contributed by atoms with Crippen molar-refractivity contribution >= 4 is 22.4 Å². The molecular formula is C15H21N3O2S. The Morgan fingerprint density at radius 3 is 2.90 bits per heavy atom. The molecule has 0 atom stereocenters. The molecule has 0 radical (unpaired) electrons. The monoisotopic (exact) mass is 307 g/mol. The maximum absolute atomic E-state index is 5.80. The molecule has 0 unspecified atom stereocenters. The molecule has 0 fully saturated rings. The predicted octanol–water partition coefficient (Wildman–Crippen LogP) is 3.31. The number of aromatic nitrogens is 1. The average molecular weight is 307 g/mol. The first-order valence-corrected chi connectivity index (χ1v) is 7.68. The quantitative estimate of drug-likeness (QED) is 0.768. The Hall–Kier alpha value is -1.95. The van der Waals surface area contributed by atoms with Crippen molar-refractivity contribution in [3.63, 3.8) is 0 Å². The topological polar surface area (TPSA) is 69.4 Å². The van der Waals surface area contributed by atoms with Crippen LogP contribution in [0.5, 0.6) is 11.5 Å². The van der Waals surface area contributed by atoms with Gasteiger partial charge in [0.15, 0.2) is 16.6 Å². The smallest absolute Gasteiger partial charge is 0.197 e. The van der Waals surface area contributed by atoms with E-state index >= 15 is 0 Å². The van der Waals surface area contributed by atoms with Crippen molar-refractivity contribution in [3.8, 4) is 11.5 Å². The highest BCUT2D eigenvalue weighted by Crippen LogP contribution is 2.35. The molecule has 0 aliphatic carbocycles. The van der Waals surface area contributed by atoms with Crippen molar-refractivity contribution in [2.75, 3.05) is 24.2 Å². The summed E-state index contributed by atoms with van der Waals surface area (Å²) >= 11 is 1.30. The number of nitrogens with zero attached hydrogens (tertiary/aromatic N) is 1. The summed E-state index contributed by atoms with van der Waals surface area (Å²) in [5, 5.41) is 4.09. The van der Waals surface area contributed by atoms with Crippen LogP contribution >= 0.6 is 11.5 Å². The number of benzene rings is 1. The van der Waals surface area contributed by atoms with E-state index in [1.807, 2.05) is 45.0 Å². The van der Waals surface area contributed by atoms with Gasteiger partial charge < -0.3 is 20.5 Å². The van der Waals surface area contributed by atoms with Gasteiger partial charge in [0, 0.05) is 6.54 Å². The van der Waals surface area contributed by atoms with Gasteiger partial charge in [0.2, 0.25) is 0 Å². The molecule has 0 amide bonds. The Balaban J connectivity index is 1.83. The van der Waals surface area contributed by atoms with Gasteiger partial charge in [0.05, 0.1) is 6.10 Å². The molecule has 0 saturated carbocycles. The second kappa shape index (κ2) is 7.17. The molecule has 114 valence electrons. The fourth-order valence-corrected chi connectivity index (χ4v) is 2.47. The number of ether oxygens (including phenoxy) is 2. The Morgan fingerprint density at radius 1 is 1.38 bits per heavy atom. The van der Waals surface area contributed by atoms with Crippen molar-refractivity contribution in [1.29, 1.82) is 0 Å². The van der Waals surface area contributed by atoms with Crippen molar-refractivity contribution in [2.45, 2.75) is 26.9 Å². The summed E-state index contributed by atoms with van der Waals surface area (Å²) in [6.45, 7) is 7.18. The van der Waals surface area contributed by atoms with Crippen LogP contribution < -0.4 is 20.5 Å². The lowest BCUT2D eigenvalue weighted by atomic mass is 10.2. The molecule has 1 heterocycles. The van der Waals surface area contributed by atoms with Gasteiger partial charge >= 0.3 is 0 Å². The van der Waals surface area contributed by atoms with E-state index in [4.69, 9.17) is 15.2 Å². The molecule has 0 aliphatic heterocycles. The second-order valence-electron chi connectivity index (χ2n) is 4.98. The Labute approximate surface area is 129 Å². The third kappa shape index (κ3) is 4.53. The van der Waals surface area contributed by atoms with E-state index in [1.54, 1.807) is 0 Å². The van der Waals surface area contributed by atoms with Gasteiger partial charge in [0.1, 0.15) is 12.4 Å². The van der Waals surface area contributed by atoms with Gasteiger partial charge in [-0.25, -0.2) is 0 Å². The van der Waals surface area contributed by atoms with Gasteiger partial charge in [0.25, 0.3) is 0 Å². The molecule has 0 spiro atoms. The Morgan fingerprint density at radius 2 is 2.19 bits per heavy atom. The molecule has 0 bridgehead atoms. The highest BCUT2D eigenvalue weighted by atomic mass is 32.1. The summed E-state index contributed by atoms with van der Waals surface area (Å²) in [6, 6.07) is 7.99. The van der Waals surface area contributed by atoms with Crippen LogP contribution in [0.2, 0.25) is 0 Å². The lowest BCUT2D eigenvalue weighted by Gasteiger charge is -2.12. The summed E-state index contributed by atoms with van der Waals surface area (Å²) in [4.78, 5) is 0. The van der Waals surface area contributed by atoms with Crippen LogP contribution in [0.25, 0.3) is 0 Å². The second-order valence-corrected chi connectivity index (χ2v) is 5.76. The predicted molar refractivity (Wildman–Crippen MR) is 87.5 cm³/mol. The summed E-state index contributed by atoms with van der Waals surface area (Å²) in [5.41, 5.74) is 6.99. The van der Waals surface area contributed by atoms with Crippen molar-refractivity contribution < 1.29 is 9.47 Å². The fourth-order valence-electron chi connectivity index (χ4n) is 1.79. The summed E-state index contributed by atoms with van der Waals surface area (Å²) in [7, 11) is 0. The summed E-state index contributed by atoms with van der Waals surface area (Å²) < 4.78 is 15.5. The number of nitrogens with one attached hydrogen (secondary N) is 1. The minimum Gasteiger partial charge on any atom is -0.492 e. The largest absolute Gasteiger partial charge is 0.492 e. The van der Waals surface area contributed by atoms with E-state index in [9.17, 15) is 0 Å². The standard InChI is InChI=1S/C15H21N3O2S/c1-10(2)20-13-14(16)18-21-15(13)17-7-8-19-12-6-4-5-11(3)9-12/h4-6,9-10,17H,7-8H2,1-3H3,(H2,16,18). The Kier molecular flexibility index (Phi) is 5.27. The molecular weight excluding hydrogens is 286 g/mol. The summed E-state index contributed by atoms with van der Waals surface area (Å²) in [6.07, 6.45) is 0.0628. The van der Waals surface area contributed by atoms with Gasteiger partial charge in [-0.05, 0) is 50.0 Å². The zero-order chi connectivity index (χ0) is 15.2. The minimum absolute atomic E-state index is 0.0628. The first-order chi connectivity index (χ1) is 10.1. The van der Waals surface area contributed by atoms with Crippen molar-refractivity contribution in [3.05, 3.63) is 29.8 Å². The highest BCUT2D eigenvalue weighted by molar-refractivity contribution is 7.11. The Bertz CT molecular complexity index is 584. The van der Waals surface area contributed by atoms with E-state index < -0.39 is 0 Å². The molecule has 21 heavy (non-hydrogen) atoms. The van der Waals surface area contributed by atoms with E-state index in [2.05, 4.69) is 9.69 Å². The SMILES string of the molecule is Cc1cccc(OCCNc2snc(N)c2OC(C)C)c1. The van der Waals surface area contributed by atoms with Gasteiger partial charge in [-0.2, -0.15) is 4.37 Å². The lowest BCUT2D eigenvalue weighted by Crippen LogP contribution is -2.13. The number of aryl methyl sites for hydroxylation is 1. The van der Waals surface area contributed by atoms with E-state index in [0.29, 0.717) is 24.7 Å². The zero-order valence-corrected chi connectivity index (χ0v) is 13.4. The van der Waals surface area contributed by atoms with E-state index in [1.165, 1.54) is 17.1 Å². The van der Waals surface area contributed by atoms with Crippen LogP contribution in [-0.4, -0.2) is 23.6 Å². The molecule has 0 saturated heterocycles. The van der Waals surface area contributed by atoms with Crippen LogP contribution in [-0.2, 0) is 0 Å². The van der Waals surface area contributed by atoms with Crippen LogP contribution in [0, 0.1) is 6.92 Å². The number of rotatable bonds is 7. The molecule has 3 N–H and O–H groups in total. The van der Waals surface area contributed by atoms with E-state index in [0.717, 1.165) is 10.8 Å². The summed E-state index contributed by atoms with van der Waals surface area (Å²) in [5.74, 6) is 1.93. The molecule has 5 nitrogen and oxygen atoms in total. The van der Waals surface area contributed by atoms with Crippen LogP contribution in [0.3, 0.4) is 0 Å². The molecule has 1 aromatic carbocycles. The van der Waals surface area contributed by atoms with Crippen LogP contribution in [0.1, 0.15) is 19.4 Å². The van der Waals surface area contributed by atoms with Gasteiger partial charge in [-0.1, -0.05) is 12.1 Å². The molecule has 2 aromatic rings. The maximum atomic E-state index is 5.80. The number of hydrogen-bond donors (Lipinski definition) is 2. The van der Waals surface area contributed by atoms with Crippen LogP contribution in [0.15, 0.2) is 24.3 Å². The van der Waals surface area contributed by atoms with Gasteiger partial charge in [-0.3, -0.25) is 0 Å². The lowest BCUT2D eigenvalue weighted by molar-refractivity contribution is 0.245. The fraction of sp³-hybridized carbons (Fsp3) is 0.400. The minimum atomic E-state index is 0.0628. The molecule has 0 aliphatic rings. The zero-order valence-electron chi connectivity index (χ0n) is 12.6. The normalized spacial score (nSPS) is 10.7. The highest BCUT2D eigenvalue weighted by Gasteiger charge is 2.13. The first kappa shape index (κ1) is 15.4. The maximum Gasteiger partial charge on any atom is 0.197 e.